The van der Waals surface area contributed by atoms with Crippen LogP contribution in [0.3, 0.4) is 0 Å². The van der Waals surface area contributed by atoms with Crippen molar-refractivity contribution in [3.63, 3.8) is 0 Å². The highest BCUT2D eigenvalue weighted by atomic mass is 16.2. The maximum absolute atomic E-state index is 12.9. The van der Waals surface area contributed by atoms with Crippen LogP contribution in [0, 0.1) is 31.6 Å². The largest absolute Gasteiger partial charge is 0.356 e. The lowest BCUT2D eigenvalue weighted by Crippen LogP contribution is -2.28. The SMILES string of the molecule is CC#Cc1cc(C)c(C2C(=O)CC(CC(=O)NCCCC)C2=O)c(C)c1. The second-order valence-electron chi connectivity index (χ2n) is 7.01. The molecule has 0 aliphatic heterocycles. The van der Waals surface area contributed by atoms with Crippen LogP contribution >= 0.6 is 0 Å². The predicted molar refractivity (Wildman–Crippen MR) is 102 cm³/mol. The van der Waals surface area contributed by atoms with E-state index in [2.05, 4.69) is 24.1 Å². The van der Waals surface area contributed by atoms with Gasteiger partial charge in [-0.05, 0) is 56.0 Å². The van der Waals surface area contributed by atoms with Crippen molar-refractivity contribution in [3.05, 3.63) is 34.4 Å². The molecule has 4 heteroatoms. The summed E-state index contributed by atoms with van der Waals surface area (Å²) in [6.07, 6.45) is 2.17. The molecule has 1 fully saturated rings. The Morgan fingerprint density at radius 1 is 1.23 bits per heavy atom. The normalized spacial score (nSPS) is 19.2. The summed E-state index contributed by atoms with van der Waals surface area (Å²) in [6.45, 7) is 8.27. The number of aryl methyl sites for hydroxylation is 2. The zero-order chi connectivity index (χ0) is 19.3. The lowest BCUT2D eigenvalue weighted by atomic mass is 9.86. The van der Waals surface area contributed by atoms with Crippen molar-refractivity contribution in [1.82, 2.24) is 5.32 Å². The molecule has 0 radical (unpaired) electrons. The molecule has 1 aliphatic carbocycles. The summed E-state index contributed by atoms with van der Waals surface area (Å²) >= 11 is 0. The first-order valence-corrected chi connectivity index (χ1v) is 9.26. The number of Topliss-reactive ketones (excluding diaryl/α,β-unsaturated/α-hetero) is 2. The third-order valence-electron chi connectivity index (χ3n) is 4.89. The molecule has 0 aromatic heterocycles. The van der Waals surface area contributed by atoms with E-state index in [0.29, 0.717) is 6.54 Å². The number of unbranched alkanes of at least 4 members (excludes halogenated alkanes) is 1. The van der Waals surface area contributed by atoms with Gasteiger partial charge in [0.05, 0.1) is 0 Å². The van der Waals surface area contributed by atoms with Crippen LogP contribution in [0.5, 0.6) is 0 Å². The van der Waals surface area contributed by atoms with Gasteiger partial charge in [0.1, 0.15) is 11.7 Å². The van der Waals surface area contributed by atoms with Crippen molar-refractivity contribution >= 4 is 17.5 Å². The van der Waals surface area contributed by atoms with Crippen molar-refractivity contribution in [1.29, 1.82) is 0 Å². The lowest BCUT2D eigenvalue weighted by Gasteiger charge is -2.16. The van der Waals surface area contributed by atoms with Gasteiger partial charge >= 0.3 is 0 Å². The van der Waals surface area contributed by atoms with Crippen LogP contribution in [-0.4, -0.2) is 24.0 Å². The molecule has 1 saturated carbocycles. The van der Waals surface area contributed by atoms with E-state index in [9.17, 15) is 14.4 Å². The highest BCUT2D eigenvalue weighted by molar-refractivity contribution is 6.15. The van der Waals surface area contributed by atoms with Gasteiger partial charge in [0, 0.05) is 30.9 Å². The van der Waals surface area contributed by atoms with Crippen molar-refractivity contribution in [2.45, 2.75) is 59.3 Å². The molecule has 0 heterocycles. The van der Waals surface area contributed by atoms with Gasteiger partial charge in [0.2, 0.25) is 5.91 Å². The monoisotopic (exact) mass is 353 g/mol. The van der Waals surface area contributed by atoms with E-state index in [4.69, 9.17) is 0 Å². The quantitative estimate of drug-likeness (QED) is 0.485. The number of hydrogen-bond donors (Lipinski definition) is 1. The van der Waals surface area contributed by atoms with Gasteiger partial charge < -0.3 is 5.32 Å². The minimum atomic E-state index is -0.743. The summed E-state index contributed by atoms with van der Waals surface area (Å²) in [4.78, 5) is 37.5. The summed E-state index contributed by atoms with van der Waals surface area (Å²) in [6, 6.07) is 3.84. The molecule has 1 aliphatic rings. The molecule has 2 atom stereocenters. The van der Waals surface area contributed by atoms with E-state index < -0.39 is 11.8 Å². The Hall–Kier alpha value is -2.41. The fourth-order valence-corrected chi connectivity index (χ4v) is 3.68. The minimum Gasteiger partial charge on any atom is -0.356 e. The van der Waals surface area contributed by atoms with Gasteiger partial charge in [-0.2, -0.15) is 0 Å². The minimum absolute atomic E-state index is 0.0816. The fraction of sp³-hybridized carbons (Fsp3) is 0.500. The highest BCUT2D eigenvalue weighted by Gasteiger charge is 2.43. The van der Waals surface area contributed by atoms with E-state index in [-0.39, 0.29) is 30.3 Å². The predicted octanol–water partition coefficient (Wildman–Crippen LogP) is 3.22. The molecule has 0 saturated heterocycles. The van der Waals surface area contributed by atoms with E-state index in [0.717, 1.165) is 35.1 Å². The first-order valence-electron chi connectivity index (χ1n) is 9.26. The molecule has 2 rings (SSSR count). The van der Waals surface area contributed by atoms with Crippen molar-refractivity contribution in [3.8, 4) is 11.8 Å². The number of carbonyl (C=O) groups excluding carboxylic acids is 3. The number of amides is 1. The van der Waals surface area contributed by atoms with Crippen LogP contribution in [0.25, 0.3) is 0 Å². The molecule has 26 heavy (non-hydrogen) atoms. The molecular weight excluding hydrogens is 326 g/mol. The second-order valence-corrected chi connectivity index (χ2v) is 7.01. The van der Waals surface area contributed by atoms with Crippen LogP contribution in [0.2, 0.25) is 0 Å². The van der Waals surface area contributed by atoms with Crippen molar-refractivity contribution in [2.24, 2.45) is 5.92 Å². The smallest absolute Gasteiger partial charge is 0.220 e. The van der Waals surface area contributed by atoms with Crippen LogP contribution in [-0.2, 0) is 14.4 Å². The molecule has 138 valence electrons. The fourth-order valence-electron chi connectivity index (χ4n) is 3.68. The summed E-state index contributed by atoms with van der Waals surface area (Å²) < 4.78 is 0. The Morgan fingerprint density at radius 2 is 1.88 bits per heavy atom. The van der Waals surface area contributed by atoms with Crippen LogP contribution in [0.15, 0.2) is 12.1 Å². The van der Waals surface area contributed by atoms with Gasteiger partial charge in [0.15, 0.2) is 5.78 Å². The molecule has 2 unspecified atom stereocenters. The van der Waals surface area contributed by atoms with Gasteiger partial charge in [-0.25, -0.2) is 0 Å². The van der Waals surface area contributed by atoms with E-state index >= 15 is 0 Å². The summed E-state index contributed by atoms with van der Waals surface area (Å²) in [5.74, 6) is 4.28. The highest BCUT2D eigenvalue weighted by Crippen LogP contribution is 2.37. The number of rotatable bonds is 6. The molecule has 1 N–H and O–H groups in total. The molecule has 1 amide bonds. The maximum atomic E-state index is 12.9. The second kappa shape index (κ2) is 8.80. The first kappa shape index (κ1) is 19.9. The Labute approximate surface area is 155 Å². The van der Waals surface area contributed by atoms with E-state index in [1.54, 1.807) is 6.92 Å². The van der Waals surface area contributed by atoms with Crippen LogP contribution in [0.4, 0.5) is 0 Å². The Bertz CT molecular complexity index is 759. The Morgan fingerprint density at radius 3 is 2.46 bits per heavy atom. The van der Waals surface area contributed by atoms with E-state index in [1.807, 2.05) is 26.0 Å². The Kier molecular flexibility index (Phi) is 6.74. The molecule has 1 aromatic rings. The molecule has 1 aromatic carbocycles. The standard InChI is InChI=1S/C22H27NO3/c1-5-7-9-23-19(25)13-17-12-18(24)21(22(17)26)20-14(3)10-16(8-6-2)11-15(20)4/h10-11,17,21H,5,7,9,12-13H2,1-4H3,(H,23,25). The number of hydrogen-bond acceptors (Lipinski definition) is 3. The van der Waals surface area contributed by atoms with Gasteiger partial charge in [-0.3, -0.25) is 14.4 Å². The number of carbonyl (C=O) groups is 3. The van der Waals surface area contributed by atoms with Gasteiger partial charge in [0.25, 0.3) is 0 Å². The first-order chi connectivity index (χ1) is 12.4. The molecule has 0 bridgehead atoms. The average Bonchev–Trinajstić information content (AvgIpc) is 2.82. The van der Waals surface area contributed by atoms with Crippen molar-refractivity contribution < 1.29 is 14.4 Å². The van der Waals surface area contributed by atoms with Crippen LogP contribution in [0.1, 0.15) is 67.7 Å². The average molecular weight is 353 g/mol. The summed E-state index contributed by atoms with van der Waals surface area (Å²) in [7, 11) is 0. The zero-order valence-electron chi connectivity index (χ0n) is 16.1. The topological polar surface area (TPSA) is 63.2 Å². The number of nitrogens with one attached hydrogen (secondary N) is 1. The molecular formula is C22H27NO3. The van der Waals surface area contributed by atoms with Gasteiger partial charge in [-0.15, -0.1) is 5.92 Å². The summed E-state index contributed by atoms with van der Waals surface area (Å²) in [5, 5.41) is 2.83. The lowest BCUT2D eigenvalue weighted by molar-refractivity contribution is -0.128. The Balaban J connectivity index is 2.19. The zero-order valence-corrected chi connectivity index (χ0v) is 16.1. The van der Waals surface area contributed by atoms with E-state index in [1.165, 1.54) is 0 Å². The third kappa shape index (κ3) is 4.40. The summed E-state index contributed by atoms with van der Waals surface area (Å²) in [5.41, 5.74) is 3.48. The third-order valence-corrected chi connectivity index (χ3v) is 4.89. The number of benzene rings is 1. The molecule has 4 nitrogen and oxygen atoms in total. The number of ketones is 2. The van der Waals surface area contributed by atoms with Gasteiger partial charge in [-0.1, -0.05) is 19.3 Å². The molecule has 0 spiro atoms. The van der Waals surface area contributed by atoms with Crippen molar-refractivity contribution in [2.75, 3.05) is 6.54 Å². The van der Waals surface area contributed by atoms with Crippen LogP contribution < -0.4 is 5.32 Å². The maximum Gasteiger partial charge on any atom is 0.220 e.